The molecule has 0 aliphatic carbocycles. The lowest BCUT2D eigenvalue weighted by Gasteiger charge is -2.37. The SMILES string of the molecule is CCOC(=O)C1CCN(c2ncnc(N(C)C3CCN(C)CC3)c2N)CC1. The molecule has 0 unspecified atom stereocenters. The number of ether oxygens (including phenoxy) is 1. The van der Waals surface area contributed by atoms with Crippen LogP contribution in [0.15, 0.2) is 6.33 Å². The highest BCUT2D eigenvalue weighted by atomic mass is 16.5. The highest BCUT2D eigenvalue weighted by Crippen LogP contribution is 2.33. The van der Waals surface area contributed by atoms with Crippen molar-refractivity contribution in [1.29, 1.82) is 0 Å². The molecule has 8 nitrogen and oxygen atoms in total. The molecule has 2 fully saturated rings. The summed E-state index contributed by atoms with van der Waals surface area (Å²) in [5.41, 5.74) is 7.11. The van der Waals surface area contributed by atoms with Crippen molar-refractivity contribution in [3.05, 3.63) is 6.33 Å². The Morgan fingerprint density at radius 1 is 1.22 bits per heavy atom. The van der Waals surface area contributed by atoms with Gasteiger partial charge in [0.25, 0.3) is 0 Å². The topological polar surface area (TPSA) is 87.8 Å². The van der Waals surface area contributed by atoms with Crippen molar-refractivity contribution < 1.29 is 9.53 Å². The predicted octanol–water partition coefficient (Wildman–Crippen LogP) is 1.37. The Morgan fingerprint density at radius 3 is 2.52 bits per heavy atom. The number of carbonyl (C=O) groups excluding carboxylic acids is 1. The second-order valence-electron chi connectivity index (χ2n) is 7.59. The first-order valence-corrected chi connectivity index (χ1v) is 9.94. The number of aromatic nitrogens is 2. The Kier molecular flexibility index (Phi) is 6.36. The summed E-state index contributed by atoms with van der Waals surface area (Å²) in [5.74, 6) is 1.48. The van der Waals surface area contributed by atoms with Crippen molar-refractivity contribution in [3.8, 4) is 0 Å². The van der Waals surface area contributed by atoms with E-state index in [4.69, 9.17) is 10.5 Å². The molecule has 0 atom stereocenters. The molecule has 1 aromatic heterocycles. The Labute approximate surface area is 161 Å². The zero-order valence-corrected chi connectivity index (χ0v) is 16.7. The predicted molar refractivity (Wildman–Crippen MR) is 107 cm³/mol. The molecule has 0 amide bonds. The molecule has 8 heteroatoms. The summed E-state index contributed by atoms with van der Waals surface area (Å²) in [4.78, 5) is 27.6. The highest BCUT2D eigenvalue weighted by Gasteiger charge is 2.29. The smallest absolute Gasteiger partial charge is 0.309 e. The Bertz CT molecular complexity index is 639. The van der Waals surface area contributed by atoms with Gasteiger partial charge in [0.2, 0.25) is 0 Å². The van der Waals surface area contributed by atoms with E-state index in [2.05, 4.69) is 38.8 Å². The lowest BCUT2D eigenvalue weighted by atomic mass is 9.97. The molecular formula is C19H32N6O2. The first-order chi connectivity index (χ1) is 13.0. The lowest BCUT2D eigenvalue weighted by Crippen LogP contribution is -2.43. The fourth-order valence-corrected chi connectivity index (χ4v) is 4.05. The molecule has 2 aliphatic heterocycles. The number of carbonyl (C=O) groups is 1. The summed E-state index contributed by atoms with van der Waals surface area (Å²) in [6.07, 6.45) is 5.35. The zero-order valence-electron chi connectivity index (χ0n) is 16.7. The van der Waals surface area contributed by atoms with Gasteiger partial charge in [-0.25, -0.2) is 9.97 Å². The van der Waals surface area contributed by atoms with E-state index in [0.29, 0.717) is 18.3 Å². The number of nitrogens with two attached hydrogens (primary N) is 1. The quantitative estimate of drug-likeness (QED) is 0.771. The molecule has 3 heterocycles. The van der Waals surface area contributed by atoms with E-state index in [1.165, 1.54) is 0 Å². The van der Waals surface area contributed by atoms with Crippen molar-refractivity contribution in [2.75, 3.05) is 62.4 Å². The second kappa shape index (κ2) is 8.73. The number of piperidine rings is 2. The van der Waals surface area contributed by atoms with E-state index < -0.39 is 0 Å². The number of hydrogen-bond donors (Lipinski definition) is 1. The average molecular weight is 377 g/mol. The third kappa shape index (κ3) is 4.43. The highest BCUT2D eigenvalue weighted by molar-refractivity contribution is 5.77. The Morgan fingerprint density at radius 2 is 1.89 bits per heavy atom. The standard InChI is InChI=1S/C19H32N6O2/c1-4-27-19(26)14-5-11-25(12-6-14)18-16(20)17(21-13-22-18)24(3)15-7-9-23(2)10-8-15/h13-15H,4-12,20H2,1-3H3. The molecule has 2 N–H and O–H groups in total. The minimum absolute atomic E-state index is 0.0226. The van der Waals surface area contributed by atoms with Crippen LogP contribution in [0.2, 0.25) is 0 Å². The van der Waals surface area contributed by atoms with Gasteiger partial charge in [0, 0.05) is 26.2 Å². The van der Waals surface area contributed by atoms with Gasteiger partial charge in [-0.05, 0) is 52.7 Å². The van der Waals surface area contributed by atoms with Crippen molar-refractivity contribution in [2.24, 2.45) is 5.92 Å². The molecular weight excluding hydrogens is 344 g/mol. The number of rotatable bonds is 5. The molecule has 0 spiro atoms. The maximum Gasteiger partial charge on any atom is 0.309 e. The average Bonchev–Trinajstić information content (AvgIpc) is 2.68. The van der Waals surface area contributed by atoms with Gasteiger partial charge in [-0.1, -0.05) is 0 Å². The third-order valence-electron chi connectivity index (χ3n) is 5.83. The van der Waals surface area contributed by atoms with E-state index in [1.807, 2.05) is 6.92 Å². The fourth-order valence-electron chi connectivity index (χ4n) is 4.05. The summed E-state index contributed by atoms with van der Waals surface area (Å²) < 4.78 is 5.15. The largest absolute Gasteiger partial charge is 0.466 e. The molecule has 2 saturated heterocycles. The van der Waals surface area contributed by atoms with E-state index in [-0.39, 0.29) is 11.9 Å². The van der Waals surface area contributed by atoms with E-state index in [1.54, 1.807) is 6.33 Å². The zero-order chi connectivity index (χ0) is 19.4. The molecule has 27 heavy (non-hydrogen) atoms. The summed E-state index contributed by atoms with van der Waals surface area (Å²) in [6, 6.07) is 0.445. The van der Waals surface area contributed by atoms with E-state index in [0.717, 1.165) is 63.5 Å². The van der Waals surface area contributed by atoms with Crippen LogP contribution in [0.4, 0.5) is 17.3 Å². The fraction of sp³-hybridized carbons (Fsp3) is 0.737. The maximum atomic E-state index is 11.9. The van der Waals surface area contributed by atoms with Gasteiger partial charge in [0.15, 0.2) is 11.6 Å². The number of nitrogen functional groups attached to an aromatic ring is 1. The molecule has 0 aromatic carbocycles. The first-order valence-electron chi connectivity index (χ1n) is 9.94. The van der Waals surface area contributed by atoms with Gasteiger partial charge in [-0.3, -0.25) is 4.79 Å². The molecule has 0 saturated carbocycles. The monoisotopic (exact) mass is 376 g/mol. The van der Waals surface area contributed by atoms with Gasteiger partial charge in [0.1, 0.15) is 12.0 Å². The van der Waals surface area contributed by atoms with Gasteiger partial charge in [-0.15, -0.1) is 0 Å². The molecule has 1 aromatic rings. The third-order valence-corrected chi connectivity index (χ3v) is 5.83. The van der Waals surface area contributed by atoms with Crippen LogP contribution >= 0.6 is 0 Å². The van der Waals surface area contributed by atoms with Crippen LogP contribution < -0.4 is 15.5 Å². The Hall–Kier alpha value is -2.09. The number of likely N-dealkylation sites (tertiary alicyclic amines) is 1. The van der Waals surface area contributed by atoms with Crippen LogP contribution in [0, 0.1) is 5.92 Å². The molecule has 0 bridgehead atoms. The molecule has 3 rings (SSSR count). The number of nitrogens with zero attached hydrogens (tertiary/aromatic N) is 5. The van der Waals surface area contributed by atoms with Crippen molar-refractivity contribution in [2.45, 2.75) is 38.6 Å². The van der Waals surface area contributed by atoms with Crippen LogP contribution in [0.1, 0.15) is 32.6 Å². The van der Waals surface area contributed by atoms with Crippen LogP contribution in [-0.4, -0.2) is 73.8 Å². The normalized spacial score (nSPS) is 19.9. The molecule has 150 valence electrons. The van der Waals surface area contributed by atoms with Crippen LogP contribution in [-0.2, 0) is 9.53 Å². The van der Waals surface area contributed by atoms with Crippen LogP contribution in [0.25, 0.3) is 0 Å². The lowest BCUT2D eigenvalue weighted by molar-refractivity contribution is -0.148. The van der Waals surface area contributed by atoms with E-state index >= 15 is 0 Å². The summed E-state index contributed by atoms with van der Waals surface area (Å²) in [7, 11) is 4.23. The van der Waals surface area contributed by atoms with Gasteiger partial charge >= 0.3 is 5.97 Å². The summed E-state index contributed by atoms with van der Waals surface area (Å²) >= 11 is 0. The summed E-state index contributed by atoms with van der Waals surface area (Å²) in [6.45, 7) is 5.97. The van der Waals surface area contributed by atoms with Gasteiger partial charge < -0.3 is 25.2 Å². The summed E-state index contributed by atoms with van der Waals surface area (Å²) in [5, 5.41) is 0. The van der Waals surface area contributed by atoms with Crippen molar-refractivity contribution >= 4 is 23.3 Å². The van der Waals surface area contributed by atoms with Gasteiger partial charge in [-0.2, -0.15) is 0 Å². The van der Waals surface area contributed by atoms with E-state index in [9.17, 15) is 4.79 Å². The maximum absolute atomic E-state index is 11.9. The first kappa shape index (κ1) is 19.7. The molecule has 0 radical (unpaired) electrons. The Balaban J connectivity index is 1.67. The number of esters is 1. The van der Waals surface area contributed by atoms with Crippen LogP contribution in [0.3, 0.4) is 0 Å². The minimum Gasteiger partial charge on any atom is -0.466 e. The van der Waals surface area contributed by atoms with Crippen LogP contribution in [0.5, 0.6) is 0 Å². The van der Waals surface area contributed by atoms with Gasteiger partial charge in [0.05, 0.1) is 12.5 Å². The minimum atomic E-state index is -0.0875. The van der Waals surface area contributed by atoms with Crippen molar-refractivity contribution in [3.63, 3.8) is 0 Å². The molecule has 2 aliphatic rings. The van der Waals surface area contributed by atoms with Crippen molar-refractivity contribution in [1.82, 2.24) is 14.9 Å². The number of anilines is 3. The number of hydrogen-bond acceptors (Lipinski definition) is 8. The second-order valence-corrected chi connectivity index (χ2v) is 7.59.